The first-order valence-corrected chi connectivity index (χ1v) is 16.5. The molecule has 2 aromatic carbocycles. The monoisotopic (exact) mass is 660 g/mol. The highest BCUT2D eigenvalue weighted by atomic mass is 19.3. The van der Waals surface area contributed by atoms with Crippen LogP contribution in [0.1, 0.15) is 89.2 Å². The van der Waals surface area contributed by atoms with Crippen molar-refractivity contribution in [1.29, 1.82) is 0 Å². The molecule has 0 radical (unpaired) electrons. The van der Waals surface area contributed by atoms with Gasteiger partial charge in [-0.3, -0.25) is 4.79 Å². The highest BCUT2D eigenvalue weighted by molar-refractivity contribution is 5.87. The van der Waals surface area contributed by atoms with E-state index < -0.39 is 42.6 Å². The minimum absolute atomic E-state index is 0.0546. The van der Waals surface area contributed by atoms with Gasteiger partial charge in [0.25, 0.3) is 0 Å². The Kier molecular flexibility index (Phi) is 14.7. The molecule has 8 nitrogen and oxygen atoms in total. The number of hydrogen-bond acceptors (Lipinski definition) is 8. The van der Waals surface area contributed by atoms with E-state index in [2.05, 4.69) is 13.5 Å². The summed E-state index contributed by atoms with van der Waals surface area (Å²) in [5.41, 5.74) is -0.395. The van der Waals surface area contributed by atoms with Gasteiger partial charge in [0.15, 0.2) is 0 Å². The van der Waals surface area contributed by atoms with Crippen molar-refractivity contribution in [3.63, 3.8) is 0 Å². The van der Waals surface area contributed by atoms with Crippen LogP contribution < -0.4 is 9.47 Å². The van der Waals surface area contributed by atoms with E-state index >= 15 is 8.78 Å². The molecule has 0 aliphatic heterocycles. The Labute approximate surface area is 277 Å². The Bertz CT molecular complexity index is 1270. The number of halogens is 2. The van der Waals surface area contributed by atoms with Crippen molar-refractivity contribution in [3.05, 3.63) is 71.8 Å². The zero-order valence-corrected chi connectivity index (χ0v) is 27.9. The van der Waals surface area contributed by atoms with Crippen LogP contribution in [0.25, 0.3) is 0 Å². The lowest BCUT2D eigenvalue weighted by molar-refractivity contribution is -0.185. The highest BCUT2D eigenvalue weighted by Crippen LogP contribution is 2.39. The number of esters is 2. The fourth-order valence-electron chi connectivity index (χ4n) is 5.40. The molecule has 1 unspecified atom stereocenters. The maximum Gasteiger partial charge on any atom is 0.426 e. The van der Waals surface area contributed by atoms with E-state index in [4.69, 9.17) is 24.1 Å². The van der Waals surface area contributed by atoms with Crippen molar-refractivity contribution >= 4 is 11.9 Å². The van der Waals surface area contributed by atoms with Crippen LogP contribution in [-0.2, 0) is 25.2 Å². The molecular weight excluding hydrogens is 610 g/mol. The summed E-state index contributed by atoms with van der Waals surface area (Å²) in [5, 5.41) is 18.5. The van der Waals surface area contributed by atoms with Crippen molar-refractivity contribution in [1.82, 2.24) is 0 Å². The van der Waals surface area contributed by atoms with Gasteiger partial charge in [-0.05, 0) is 93.3 Å². The van der Waals surface area contributed by atoms with E-state index in [0.29, 0.717) is 11.7 Å². The standard InChI is InChI=1S/C37H50F2O8/c1-5-6-7-8-27-9-11-29(12-10-27)30-13-15-31(16-14-30)37(38,39)47-33-19-17-32(18-20-33)44-22-28(23-45-34(42)26(2)21-40)24-46-35(43)36(3,4)25-41/h13-20,27-29,40-41H,2,5-12,21-25H2,1,3-4H3. The summed E-state index contributed by atoms with van der Waals surface area (Å²) in [6.45, 7) is 7.23. The van der Waals surface area contributed by atoms with Gasteiger partial charge < -0.3 is 29.2 Å². The molecule has 1 aliphatic rings. The average Bonchev–Trinajstić information content (AvgIpc) is 3.08. The van der Waals surface area contributed by atoms with Gasteiger partial charge in [0, 0.05) is 0 Å². The van der Waals surface area contributed by atoms with Gasteiger partial charge in [-0.2, -0.15) is 8.78 Å². The van der Waals surface area contributed by atoms with Crippen molar-refractivity contribution in [2.45, 2.75) is 84.2 Å². The number of aliphatic hydroxyl groups is 2. The quantitative estimate of drug-likeness (QED) is 0.0917. The summed E-state index contributed by atoms with van der Waals surface area (Å²) in [6, 6.07) is 12.1. The van der Waals surface area contributed by atoms with Crippen LogP contribution in [0, 0.1) is 17.3 Å². The Morgan fingerprint density at radius 2 is 1.51 bits per heavy atom. The molecule has 47 heavy (non-hydrogen) atoms. The van der Waals surface area contributed by atoms with E-state index in [1.165, 1.54) is 88.8 Å². The van der Waals surface area contributed by atoms with Gasteiger partial charge >= 0.3 is 18.0 Å². The van der Waals surface area contributed by atoms with Crippen LogP contribution >= 0.6 is 0 Å². The third-order valence-corrected chi connectivity index (χ3v) is 8.66. The molecule has 0 amide bonds. The molecule has 2 aromatic rings. The molecule has 0 bridgehead atoms. The highest BCUT2D eigenvalue weighted by Gasteiger charge is 2.35. The number of hydrogen-bond donors (Lipinski definition) is 2. The van der Waals surface area contributed by atoms with Gasteiger partial charge in [-0.25, -0.2) is 4.79 Å². The number of ether oxygens (including phenoxy) is 4. The van der Waals surface area contributed by atoms with E-state index in [1.54, 1.807) is 12.1 Å². The zero-order chi connectivity index (χ0) is 34.5. The molecule has 260 valence electrons. The normalized spacial score (nSPS) is 17.4. The Morgan fingerprint density at radius 3 is 2.11 bits per heavy atom. The fraction of sp³-hybridized carbons (Fsp3) is 0.568. The summed E-state index contributed by atoms with van der Waals surface area (Å²) in [5.74, 6) is -0.618. The summed E-state index contributed by atoms with van der Waals surface area (Å²) < 4.78 is 51.4. The summed E-state index contributed by atoms with van der Waals surface area (Å²) in [4.78, 5) is 24.3. The van der Waals surface area contributed by atoms with E-state index in [0.717, 1.165) is 24.3 Å². The number of rotatable bonds is 19. The largest absolute Gasteiger partial charge is 0.493 e. The van der Waals surface area contributed by atoms with Crippen LogP contribution in [-0.4, -0.2) is 55.2 Å². The topological polar surface area (TPSA) is 112 Å². The Balaban J connectivity index is 1.54. The maximum absolute atomic E-state index is 15.1. The lowest BCUT2D eigenvalue weighted by Gasteiger charge is -2.29. The summed E-state index contributed by atoms with van der Waals surface area (Å²) in [7, 11) is 0. The molecule has 0 heterocycles. The second kappa shape index (κ2) is 18.2. The lowest BCUT2D eigenvalue weighted by atomic mass is 9.77. The molecule has 1 fully saturated rings. The molecule has 2 N–H and O–H groups in total. The molecule has 0 spiro atoms. The van der Waals surface area contributed by atoms with Crippen LogP contribution in [0.3, 0.4) is 0 Å². The van der Waals surface area contributed by atoms with Gasteiger partial charge in [-0.1, -0.05) is 51.3 Å². The molecule has 0 aromatic heterocycles. The number of unbranched alkanes of at least 4 members (excludes halogenated alkanes) is 2. The second-order valence-corrected chi connectivity index (χ2v) is 13.1. The zero-order valence-electron chi connectivity index (χ0n) is 27.9. The van der Waals surface area contributed by atoms with E-state index in [9.17, 15) is 14.7 Å². The predicted octanol–water partition coefficient (Wildman–Crippen LogP) is 7.32. The number of carbonyl (C=O) groups excluding carboxylic acids is 2. The van der Waals surface area contributed by atoms with Crippen molar-refractivity contribution in [2.75, 3.05) is 33.0 Å². The summed E-state index contributed by atoms with van der Waals surface area (Å²) >= 11 is 0. The fourth-order valence-corrected chi connectivity index (χ4v) is 5.40. The number of aliphatic hydroxyl groups excluding tert-OH is 2. The third-order valence-electron chi connectivity index (χ3n) is 8.66. The average molecular weight is 661 g/mol. The molecular formula is C37H50F2O8. The van der Waals surface area contributed by atoms with E-state index in [1.807, 2.05) is 0 Å². The van der Waals surface area contributed by atoms with Crippen molar-refractivity contribution in [2.24, 2.45) is 17.3 Å². The maximum atomic E-state index is 15.1. The number of alkyl halides is 2. The second-order valence-electron chi connectivity index (χ2n) is 13.1. The molecule has 0 saturated heterocycles. The van der Waals surface area contributed by atoms with Crippen LogP contribution in [0.15, 0.2) is 60.7 Å². The number of carbonyl (C=O) groups is 2. The van der Waals surface area contributed by atoms with Gasteiger partial charge in [0.1, 0.15) is 24.7 Å². The lowest BCUT2D eigenvalue weighted by Crippen LogP contribution is -2.33. The number of benzene rings is 2. The van der Waals surface area contributed by atoms with Gasteiger partial charge in [0.2, 0.25) is 0 Å². The SMILES string of the molecule is C=C(CO)C(=O)OCC(COC(=O)C(C)(C)CO)COc1ccc(OC(F)(F)c2ccc(C3CCC(CCCCC)CC3)cc2)cc1. The molecule has 3 rings (SSSR count). The minimum Gasteiger partial charge on any atom is -0.493 e. The van der Waals surface area contributed by atoms with Crippen molar-refractivity contribution in [3.8, 4) is 11.5 Å². The predicted molar refractivity (Wildman–Crippen MR) is 174 cm³/mol. The van der Waals surface area contributed by atoms with Crippen LogP contribution in [0.2, 0.25) is 0 Å². The van der Waals surface area contributed by atoms with Gasteiger partial charge in [0.05, 0.1) is 42.3 Å². The third kappa shape index (κ3) is 11.9. The first kappa shape index (κ1) is 38.0. The Hall–Kier alpha value is -3.50. The first-order valence-electron chi connectivity index (χ1n) is 16.5. The van der Waals surface area contributed by atoms with Crippen LogP contribution in [0.4, 0.5) is 8.78 Å². The molecule has 1 atom stereocenters. The Morgan fingerprint density at radius 1 is 0.894 bits per heavy atom. The molecule has 10 heteroatoms. The van der Waals surface area contributed by atoms with Crippen LogP contribution in [0.5, 0.6) is 11.5 Å². The van der Waals surface area contributed by atoms with Gasteiger partial charge in [-0.15, -0.1) is 0 Å². The minimum atomic E-state index is -3.54. The molecule has 1 aliphatic carbocycles. The summed E-state index contributed by atoms with van der Waals surface area (Å²) in [6.07, 6.45) is 6.13. The van der Waals surface area contributed by atoms with Crippen molar-refractivity contribution < 1.29 is 47.5 Å². The first-order chi connectivity index (χ1) is 22.4. The molecule has 1 saturated carbocycles. The van der Waals surface area contributed by atoms with E-state index in [-0.39, 0.29) is 36.7 Å². The smallest absolute Gasteiger partial charge is 0.426 e.